The second kappa shape index (κ2) is 8.58. The molecule has 1 aliphatic heterocycles. The standard InChI is InChI=1S/C20H15N5O5S2/c21-8-13(9-23-14-2-4-15(5-3-14)32(27,28)25-20(22)26)19-24-16(10-31-19)12-1-6-17-18(7-12)30-11-29-17/h1-7,9-10,23H,11H2,(H3,22,25,26). The maximum atomic E-state index is 11.9. The first-order valence-electron chi connectivity index (χ1n) is 9.01. The highest BCUT2D eigenvalue weighted by molar-refractivity contribution is 7.90. The van der Waals surface area contributed by atoms with Crippen molar-refractivity contribution in [2.24, 2.45) is 5.73 Å². The fraction of sp³-hybridized carbons (Fsp3) is 0.0500. The van der Waals surface area contributed by atoms with E-state index in [-0.39, 0.29) is 11.7 Å². The van der Waals surface area contributed by atoms with Crippen LogP contribution in [-0.2, 0) is 10.0 Å². The van der Waals surface area contributed by atoms with Crippen LogP contribution in [0, 0.1) is 11.3 Å². The number of amides is 2. The van der Waals surface area contributed by atoms with E-state index in [0.29, 0.717) is 33.5 Å². The van der Waals surface area contributed by atoms with E-state index in [2.05, 4.69) is 16.4 Å². The third-order valence-corrected chi connectivity index (χ3v) is 6.54. The molecule has 0 saturated carbocycles. The molecule has 2 amide bonds. The molecule has 0 saturated heterocycles. The number of aromatic nitrogens is 1. The minimum atomic E-state index is -4.03. The molecular weight excluding hydrogens is 454 g/mol. The predicted octanol–water partition coefficient (Wildman–Crippen LogP) is 2.87. The van der Waals surface area contributed by atoms with Crippen LogP contribution < -0.4 is 25.2 Å². The fourth-order valence-electron chi connectivity index (χ4n) is 2.80. The van der Waals surface area contributed by atoms with Crippen LogP contribution >= 0.6 is 11.3 Å². The summed E-state index contributed by atoms with van der Waals surface area (Å²) in [4.78, 5) is 15.2. The predicted molar refractivity (Wildman–Crippen MR) is 117 cm³/mol. The molecule has 4 N–H and O–H groups in total. The molecule has 0 unspecified atom stereocenters. The molecule has 10 nitrogen and oxygen atoms in total. The third kappa shape index (κ3) is 4.48. The van der Waals surface area contributed by atoms with Crippen LogP contribution in [0.4, 0.5) is 10.5 Å². The SMILES string of the molecule is N#CC(=CNc1ccc(S(=O)(=O)NC(N)=O)cc1)c1nc(-c2ccc3c(c2)OCO3)cs1. The number of urea groups is 1. The van der Waals surface area contributed by atoms with E-state index < -0.39 is 16.1 Å². The molecule has 2 heterocycles. The minimum absolute atomic E-state index is 0.125. The number of sulfonamides is 1. The number of benzene rings is 2. The van der Waals surface area contributed by atoms with E-state index in [1.165, 1.54) is 41.8 Å². The molecule has 0 atom stereocenters. The number of carbonyl (C=O) groups excluding carboxylic acids is 1. The normalized spacial score (nSPS) is 12.8. The number of fused-ring (bicyclic) bond motifs is 1. The summed E-state index contributed by atoms with van der Waals surface area (Å²) < 4.78 is 36.2. The molecule has 4 rings (SSSR count). The van der Waals surface area contributed by atoms with Crippen molar-refractivity contribution in [1.29, 1.82) is 5.26 Å². The third-order valence-electron chi connectivity index (χ3n) is 4.31. The molecule has 0 fully saturated rings. The van der Waals surface area contributed by atoms with E-state index in [1.807, 2.05) is 23.6 Å². The van der Waals surface area contributed by atoms with E-state index in [1.54, 1.807) is 4.72 Å². The highest BCUT2D eigenvalue weighted by Crippen LogP contribution is 2.36. The summed E-state index contributed by atoms with van der Waals surface area (Å²) in [7, 11) is -4.03. The van der Waals surface area contributed by atoms with Crippen LogP contribution in [0.3, 0.4) is 0 Å². The number of carbonyl (C=O) groups is 1. The summed E-state index contributed by atoms with van der Waals surface area (Å²) in [5.41, 5.74) is 7.23. The Morgan fingerprint density at radius 3 is 2.66 bits per heavy atom. The zero-order valence-electron chi connectivity index (χ0n) is 16.2. The summed E-state index contributed by atoms with van der Waals surface area (Å²) in [6.07, 6.45) is 1.48. The van der Waals surface area contributed by atoms with E-state index in [0.717, 1.165) is 5.56 Å². The number of allylic oxidation sites excluding steroid dienone is 1. The van der Waals surface area contributed by atoms with Gasteiger partial charge in [-0.15, -0.1) is 11.3 Å². The lowest BCUT2D eigenvalue weighted by atomic mass is 10.1. The first-order chi connectivity index (χ1) is 15.4. The number of hydrogen-bond acceptors (Lipinski definition) is 9. The van der Waals surface area contributed by atoms with Gasteiger partial charge in [0, 0.05) is 22.8 Å². The molecule has 0 aliphatic carbocycles. The molecule has 1 aliphatic rings. The largest absolute Gasteiger partial charge is 0.454 e. The number of ether oxygens (including phenoxy) is 2. The number of nitrogens with one attached hydrogen (secondary N) is 2. The van der Waals surface area contributed by atoms with Gasteiger partial charge in [0.25, 0.3) is 10.0 Å². The number of rotatable bonds is 6. The van der Waals surface area contributed by atoms with E-state index >= 15 is 0 Å². The number of nitrogens with zero attached hydrogens (tertiary/aromatic N) is 2. The van der Waals surface area contributed by atoms with Gasteiger partial charge in [-0.25, -0.2) is 22.9 Å². The summed E-state index contributed by atoms with van der Waals surface area (Å²) in [5, 5.41) is 14.8. The zero-order chi connectivity index (χ0) is 22.7. The van der Waals surface area contributed by atoms with Gasteiger partial charge in [-0.2, -0.15) is 5.26 Å². The van der Waals surface area contributed by atoms with E-state index in [4.69, 9.17) is 15.2 Å². The lowest BCUT2D eigenvalue weighted by Crippen LogP contribution is -2.34. The lowest BCUT2D eigenvalue weighted by molar-refractivity contribution is 0.174. The Balaban J connectivity index is 1.50. The van der Waals surface area contributed by atoms with Crippen molar-refractivity contribution in [3.63, 3.8) is 0 Å². The molecular formula is C20H15N5O5S2. The Hall–Kier alpha value is -4.08. The average molecular weight is 470 g/mol. The molecule has 12 heteroatoms. The van der Waals surface area contributed by atoms with Crippen LogP contribution in [-0.4, -0.2) is 26.2 Å². The van der Waals surface area contributed by atoms with Crippen molar-refractivity contribution in [2.75, 3.05) is 12.1 Å². The molecule has 162 valence electrons. The fourth-order valence-corrected chi connectivity index (χ4v) is 4.48. The molecule has 3 aromatic rings. The van der Waals surface area contributed by atoms with Crippen LogP contribution in [0.25, 0.3) is 16.8 Å². The Bertz CT molecular complexity index is 1360. The van der Waals surface area contributed by atoms with Crippen LogP contribution in [0.15, 0.2) is 58.9 Å². The molecule has 0 radical (unpaired) electrons. The van der Waals surface area contributed by atoms with E-state index in [9.17, 15) is 18.5 Å². The Morgan fingerprint density at radius 2 is 1.94 bits per heavy atom. The van der Waals surface area contributed by atoms with Gasteiger partial charge in [-0.1, -0.05) is 0 Å². The monoisotopic (exact) mass is 469 g/mol. The highest BCUT2D eigenvalue weighted by Gasteiger charge is 2.17. The zero-order valence-corrected chi connectivity index (χ0v) is 17.9. The number of anilines is 1. The van der Waals surface area contributed by atoms with Gasteiger partial charge in [0.2, 0.25) is 6.79 Å². The molecule has 0 bridgehead atoms. The van der Waals surface area contributed by atoms with Crippen molar-refractivity contribution in [2.45, 2.75) is 4.90 Å². The Morgan fingerprint density at radius 1 is 1.19 bits per heavy atom. The number of nitrogens with two attached hydrogens (primary N) is 1. The quantitative estimate of drug-likeness (QED) is 0.465. The van der Waals surface area contributed by atoms with Crippen LogP contribution in [0.1, 0.15) is 5.01 Å². The molecule has 1 aromatic heterocycles. The van der Waals surface area contributed by atoms with Crippen molar-refractivity contribution < 1.29 is 22.7 Å². The summed E-state index contributed by atoms with van der Waals surface area (Å²) in [6.45, 7) is 0.183. The van der Waals surface area contributed by atoms with Crippen molar-refractivity contribution in [1.82, 2.24) is 9.71 Å². The summed E-state index contributed by atoms with van der Waals surface area (Å²) in [6, 6.07) is 12.0. The van der Waals surface area contributed by atoms with Crippen molar-refractivity contribution >= 4 is 38.7 Å². The highest BCUT2D eigenvalue weighted by atomic mass is 32.2. The maximum Gasteiger partial charge on any atom is 0.326 e. The smallest absolute Gasteiger partial charge is 0.326 e. The molecule has 2 aromatic carbocycles. The van der Waals surface area contributed by atoms with Crippen molar-refractivity contribution in [3.05, 3.63) is 59.1 Å². The van der Waals surface area contributed by atoms with Gasteiger partial charge in [0.15, 0.2) is 11.5 Å². The van der Waals surface area contributed by atoms with Gasteiger partial charge < -0.3 is 20.5 Å². The number of thiazole rings is 1. The summed E-state index contributed by atoms with van der Waals surface area (Å²) >= 11 is 1.31. The topological polar surface area (TPSA) is 156 Å². The second-order valence-corrected chi connectivity index (χ2v) is 8.95. The Kier molecular flexibility index (Phi) is 5.67. The first-order valence-corrected chi connectivity index (χ1v) is 11.4. The van der Waals surface area contributed by atoms with Crippen molar-refractivity contribution in [3.8, 4) is 28.8 Å². The first kappa shape index (κ1) is 21.2. The summed E-state index contributed by atoms with van der Waals surface area (Å²) in [5.74, 6) is 1.32. The van der Waals surface area contributed by atoms with Crippen LogP contribution in [0.2, 0.25) is 0 Å². The molecule has 0 spiro atoms. The van der Waals surface area contributed by atoms with Gasteiger partial charge in [0.05, 0.1) is 10.6 Å². The van der Waals surface area contributed by atoms with Crippen LogP contribution in [0.5, 0.6) is 11.5 Å². The number of hydrogen-bond donors (Lipinski definition) is 3. The van der Waals surface area contributed by atoms with Gasteiger partial charge in [-0.3, -0.25) is 0 Å². The molecule has 32 heavy (non-hydrogen) atoms. The average Bonchev–Trinajstić information content (AvgIpc) is 3.43. The lowest BCUT2D eigenvalue weighted by Gasteiger charge is -2.06. The van der Waals surface area contributed by atoms with Gasteiger partial charge in [-0.05, 0) is 42.5 Å². The maximum absolute atomic E-state index is 11.9. The second-order valence-electron chi connectivity index (χ2n) is 6.41. The number of primary amides is 1. The minimum Gasteiger partial charge on any atom is -0.454 e. The van der Waals surface area contributed by atoms with Gasteiger partial charge >= 0.3 is 6.03 Å². The van der Waals surface area contributed by atoms with Gasteiger partial charge in [0.1, 0.15) is 16.6 Å². The number of nitriles is 1. The Labute approximate surface area is 187 Å².